The molecule has 0 aliphatic heterocycles. The predicted octanol–water partition coefficient (Wildman–Crippen LogP) is 4.62. The van der Waals surface area contributed by atoms with Gasteiger partial charge in [-0.05, 0) is 43.2 Å². The lowest BCUT2D eigenvalue weighted by Crippen LogP contribution is -2.17. The Balaban J connectivity index is 1.67. The van der Waals surface area contributed by atoms with E-state index in [4.69, 9.17) is 9.47 Å². The molecule has 3 rings (SSSR count). The molecule has 0 N–H and O–H groups in total. The number of hydrogen-bond acceptors (Lipinski definition) is 4. The molecule has 0 radical (unpaired) electrons. The third-order valence-corrected chi connectivity index (χ3v) is 3.55. The van der Waals surface area contributed by atoms with Gasteiger partial charge in [0.15, 0.2) is 0 Å². The van der Waals surface area contributed by atoms with Gasteiger partial charge in [-0.1, -0.05) is 12.1 Å². The van der Waals surface area contributed by atoms with Gasteiger partial charge in [0.1, 0.15) is 35.6 Å². The molecule has 8 heteroatoms. The van der Waals surface area contributed by atoms with Crippen LogP contribution in [0.1, 0.15) is 28.8 Å². The Morgan fingerprint density at radius 1 is 1.04 bits per heavy atom. The molecule has 4 nitrogen and oxygen atoms in total. The molecule has 1 aliphatic carbocycles. The monoisotopic (exact) mass is 370 g/mol. The number of rotatable bonds is 6. The molecule has 2 aromatic carbocycles. The van der Waals surface area contributed by atoms with E-state index in [-0.39, 0.29) is 35.3 Å². The smallest absolute Gasteiger partial charge is 0.489 e. The van der Waals surface area contributed by atoms with Crippen LogP contribution in [0.2, 0.25) is 0 Å². The second-order valence-electron chi connectivity index (χ2n) is 5.69. The fraction of sp³-hybridized carbons (Fsp3) is 0.278. The average Bonchev–Trinajstić information content (AvgIpc) is 3.36. The molecule has 0 amide bonds. The number of esters is 1. The number of hydrogen-bond donors (Lipinski definition) is 0. The van der Waals surface area contributed by atoms with Gasteiger partial charge in [-0.25, -0.2) is 9.18 Å². The van der Waals surface area contributed by atoms with Crippen molar-refractivity contribution in [1.82, 2.24) is 0 Å². The molecular formula is C18H14F4O4. The SMILES string of the molecule is O=C(OC1CC1)c1c(F)cccc1COc1ccc(OC(F)(F)F)cc1. The first kappa shape index (κ1) is 18.0. The van der Waals surface area contributed by atoms with Crippen LogP contribution in [0.4, 0.5) is 17.6 Å². The third kappa shape index (κ3) is 4.87. The second-order valence-corrected chi connectivity index (χ2v) is 5.69. The highest BCUT2D eigenvalue weighted by Crippen LogP contribution is 2.28. The van der Waals surface area contributed by atoms with Crippen molar-refractivity contribution in [2.24, 2.45) is 0 Å². The highest BCUT2D eigenvalue weighted by molar-refractivity contribution is 5.91. The summed E-state index contributed by atoms with van der Waals surface area (Å²) in [7, 11) is 0. The Labute approximate surface area is 146 Å². The lowest BCUT2D eigenvalue weighted by molar-refractivity contribution is -0.274. The summed E-state index contributed by atoms with van der Waals surface area (Å²) in [4.78, 5) is 12.1. The van der Waals surface area contributed by atoms with Crippen LogP contribution >= 0.6 is 0 Å². The van der Waals surface area contributed by atoms with Gasteiger partial charge >= 0.3 is 12.3 Å². The van der Waals surface area contributed by atoms with Crippen molar-refractivity contribution in [3.8, 4) is 11.5 Å². The third-order valence-electron chi connectivity index (χ3n) is 3.55. The van der Waals surface area contributed by atoms with Crippen molar-refractivity contribution in [2.45, 2.75) is 31.9 Å². The number of carbonyl (C=O) groups excluding carboxylic acids is 1. The van der Waals surface area contributed by atoms with Gasteiger partial charge in [0.25, 0.3) is 0 Å². The van der Waals surface area contributed by atoms with Gasteiger partial charge in [0, 0.05) is 5.56 Å². The maximum atomic E-state index is 14.0. The summed E-state index contributed by atoms with van der Waals surface area (Å²) in [6, 6.07) is 8.85. The minimum atomic E-state index is -4.78. The van der Waals surface area contributed by atoms with E-state index in [2.05, 4.69) is 4.74 Å². The molecule has 0 heterocycles. The average molecular weight is 370 g/mol. The van der Waals surface area contributed by atoms with Gasteiger partial charge in [-0.15, -0.1) is 13.2 Å². The Kier molecular flexibility index (Phi) is 5.01. The molecular weight excluding hydrogens is 356 g/mol. The van der Waals surface area contributed by atoms with Crippen LogP contribution in [0.25, 0.3) is 0 Å². The summed E-state index contributed by atoms with van der Waals surface area (Å²) < 4.78 is 64.7. The standard InChI is InChI=1S/C18H14F4O4/c19-15-3-1-2-11(16(15)17(23)25-13-6-7-13)10-24-12-4-8-14(9-5-12)26-18(20,21)22/h1-5,8-9,13H,6-7,10H2. The molecule has 0 atom stereocenters. The van der Waals surface area contributed by atoms with E-state index in [9.17, 15) is 22.4 Å². The Bertz CT molecular complexity index is 783. The normalized spacial score (nSPS) is 14.0. The molecule has 2 aromatic rings. The van der Waals surface area contributed by atoms with Crippen LogP contribution in [0.15, 0.2) is 42.5 Å². The van der Waals surface area contributed by atoms with E-state index < -0.39 is 18.1 Å². The Morgan fingerprint density at radius 2 is 1.69 bits per heavy atom. The molecule has 0 unspecified atom stereocenters. The summed E-state index contributed by atoms with van der Waals surface area (Å²) >= 11 is 0. The van der Waals surface area contributed by atoms with Gasteiger partial charge < -0.3 is 14.2 Å². The maximum Gasteiger partial charge on any atom is 0.573 e. The second kappa shape index (κ2) is 7.23. The Hall–Kier alpha value is -2.77. The van der Waals surface area contributed by atoms with Crippen LogP contribution in [-0.2, 0) is 11.3 Å². The minimum Gasteiger partial charge on any atom is -0.489 e. The van der Waals surface area contributed by atoms with E-state index in [0.717, 1.165) is 31.0 Å². The molecule has 26 heavy (non-hydrogen) atoms. The molecule has 1 fully saturated rings. The summed E-state index contributed by atoms with van der Waals surface area (Å²) in [5, 5.41) is 0. The first-order valence-corrected chi connectivity index (χ1v) is 7.79. The van der Waals surface area contributed by atoms with Gasteiger partial charge in [0.2, 0.25) is 0 Å². The van der Waals surface area contributed by atoms with Crippen molar-refractivity contribution >= 4 is 5.97 Å². The van der Waals surface area contributed by atoms with Gasteiger partial charge in [0.05, 0.1) is 0 Å². The lowest BCUT2D eigenvalue weighted by Gasteiger charge is -2.12. The highest BCUT2D eigenvalue weighted by Gasteiger charge is 2.31. The Morgan fingerprint density at radius 3 is 2.31 bits per heavy atom. The van der Waals surface area contributed by atoms with Crippen LogP contribution in [0.3, 0.4) is 0 Å². The summed E-state index contributed by atoms with van der Waals surface area (Å²) in [6.45, 7) is -0.146. The molecule has 1 aliphatic rings. The number of benzene rings is 2. The van der Waals surface area contributed by atoms with E-state index in [1.54, 1.807) is 0 Å². The van der Waals surface area contributed by atoms with E-state index in [1.165, 1.54) is 24.3 Å². The number of ether oxygens (including phenoxy) is 3. The quantitative estimate of drug-likeness (QED) is 0.550. The summed E-state index contributed by atoms with van der Waals surface area (Å²) in [5.41, 5.74) is 0.0858. The molecule has 0 bridgehead atoms. The fourth-order valence-electron chi connectivity index (χ4n) is 2.21. The zero-order valence-electron chi connectivity index (χ0n) is 13.4. The summed E-state index contributed by atoms with van der Waals surface area (Å²) in [5.74, 6) is -1.61. The summed E-state index contributed by atoms with van der Waals surface area (Å²) in [6.07, 6.45) is -3.42. The molecule has 0 spiro atoms. The number of alkyl halides is 3. The van der Waals surface area contributed by atoms with Crippen LogP contribution in [-0.4, -0.2) is 18.4 Å². The molecule has 0 saturated heterocycles. The number of halogens is 4. The van der Waals surface area contributed by atoms with Crippen molar-refractivity contribution < 1.29 is 36.6 Å². The predicted molar refractivity (Wildman–Crippen MR) is 82.3 cm³/mol. The molecule has 1 saturated carbocycles. The zero-order chi connectivity index (χ0) is 18.7. The fourth-order valence-corrected chi connectivity index (χ4v) is 2.21. The van der Waals surface area contributed by atoms with Gasteiger partial charge in [-0.2, -0.15) is 0 Å². The topological polar surface area (TPSA) is 44.8 Å². The van der Waals surface area contributed by atoms with Gasteiger partial charge in [-0.3, -0.25) is 0 Å². The van der Waals surface area contributed by atoms with Crippen molar-refractivity contribution in [3.05, 3.63) is 59.4 Å². The molecule has 0 aromatic heterocycles. The van der Waals surface area contributed by atoms with E-state index in [0.29, 0.717) is 0 Å². The highest BCUT2D eigenvalue weighted by atomic mass is 19.4. The van der Waals surface area contributed by atoms with Crippen molar-refractivity contribution in [3.63, 3.8) is 0 Å². The van der Waals surface area contributed by atoms with Crippen molar-refractivity contribution in [2.75, 3.05) is 0 Å². The first-order valence-electron chi connectivity index (χ1n) is 7.79. The molecule has 138 valence electrons. The van der Waals surface area contributed by atoms with E-state index >= 15 is 0 Å². The first-order chi connectivity index (χ1) is 12.3. The lowest BCUT2D eigenvalue weighted by atomic mass is 10.1. The van der Waals surface area contributed by atoms with Crippen LogP contribution < -0.4 is 9.47 Å². The van der Waals surface area contributed by atoms with E-state index in [1.807, 2.05) is 0 Å². The number of carbonyl (C=O) groups is 1. The van der Waals surface area contributed by atoms with Crippen molar-refractivity contribution in [1.29, 1.82) is 0 Å². The van der Waals surface area contributed by atoms with Crippen LogP contribution in [0, 0.1) is 5.82 Å². The van der Waals surface area contributed by atoms with Crippen LogP contribution in [0.5, 0.6) is 11.5 Å². The largest absolute Gasteiger partial charge is 0.573 e. The minimum absolute atomic E-state index is 0.146. The zero-order valence-corrected chi connectivity index (χ0v) is 13.4. The maximum absolute atomic E-state index is 14.0.